The molecule has 6 heterocycles. The fraction of sp³-hybridized carbons (Fsp3) is 0.588. The Morgan fingerprint density at radius 3 is 2.79 bits per heavy atom. The molecule has 5 fully saturated rings. The number of benzene rings is 2. The minimum Gasteiger partial charge on any atom is -0.508 e. The number of anilines is 2. The Bertz CT molecular complexity index is 1570. The van der Waals surface area contributed by atoms with Crippen LogP contribution in [0.25, 0.3) is 10.8 Å². The molecule has 2 N–H and O–H groups in total. The molecule has 2 unspecified atom stereocenters. The van der Waals surface area contributed by atoms with Crippen LogP contribution >= 0.6 is 0 Å². The van der Waals surface area contributed by atoms with Crippen LogP contribution < -0.4 is 19.9 Å². The summed E-state index contributed by atoms with van der Waals surface area (Å²) in [5, 5.41) is 15.5. The molecule has 0 spiro atoms. The molecule has 1 saturated carbocycles. The first-order valence-electron chi connectivity index (χ1n) is 16.5. The zero-order valence-electron chi connectivity index (χ0n) is 24.8. The average Bonchev–Trinajstić information content (AvgIpc) is 3.76. The fourth-order valence-electron chi connectivity index (χ4n) is 9.75. The first-order valence-corrected chi connectivity index (χ1v) is 16.5. The molecule has 5 aliphatic heterocycles. The Kier molecular flexibility index (Phi) is 6.06. The first kappa shape index (κ1) is 26.3. The Labute approximate surface area is 252 Å². The molecule has 0 amide bonds. The number of nitrogens with one attached hydrogen (secondary N) is 1. The summed E-state index contributed by atoms with van der Waals surface area (Å²) < 4.78 is 21.8. The molecule has 5 atom stereocenters. The fourth-order valence-corrected chi connectivity index (χ4v) is 9.75. The van der Waals surface area contributed by atoms with Gasteiger partial charge in [0.05, 0.1) is 23.5 Å². The van der Waals surface area contributed by atoms with E-state index >= 15 is 4.39 Å². The van der Waals surface area contributed by atoms with Gasteiger partial charge in [-0.05, 0) is 81.3 Å². The van der Waals surface area contributed by atoms with Crippen LogP contribution in [0.3, 0.4) is 0 Å². The SMILES string of the molecule is Oc1cc(N2CCc3c(nc(OC[C@@]45CCCN4[C@@H]4CCC[C@@H]4C5)nc3N3CC4CCC(C3)N4)C2)c2c(F)cccc2c1. The molecule has 1 aromatic heterocycles. The van der Waals surface area contributed by atoms with Crippen LogP contribution in [0.4, 0.5) is 15.9 Å². The number of hydrogen-bond donors (Lipinski definition) is 2. The van der Waals surface area contributed by atoms with Gasteiger partial charge in [0.1, 0.15) is 24.0 Å². The molecule has 226 valence electrons. The van der Waals surface area contributed by atoms with Gasteiger partial charge >= 0.3 is 6.01 Å². The monoisotopic (exact) mass is 584 g/mol. The maximum atomic E-state index is 15.1. The summed E-state index contributed by atoms with van der Waals surface area (Å²) in [6, 6.07) is 10.6. The molecule has 0 radical (unpaired) electrons. The van der Waals surface area contributed by atoms with E-state index in [1.165, 1.54) is 69.5 Å². The number of hydrogen-bond acceptors (Lipinski definition) is 8. The lowest BCUT2D eigenvalue weighted by Crippen LogP contribution is -2.52. The zero-order valence-corrected chi connectivity index (χ0v) is 24.8. The van der Waals surface area contributed by atoms with Crippen molar-refractivity contribution in [3.05, 3.63) is 47.4 Å². The van der Waals surface area contributed by atoms with Crippen LogP contribution in [0.2, 0.25) is 0 Å². The highest BCUT2D eigenvalue weighted by atomic mass is 19.1. The summed E-state index contributed by atoms with van der Waals surface area (Å²) in [7, 11) is 0. The predicted molar refractivity (Wildman–Crippen MR) is 164 cm³/mol. The molecular formula is C34H41FN6O2. The van der Waals surface area contributed by atoms with E-state index in [0.717, 1.165) is 43.0 Å². The minimum atomic E-state index is -0.274. The molecule has 2 bridgehead atoms. The van der Waals surface area contributed by atoms with E-state index in [1.54, 1.807) is 18.2 Å². The van der Waals surface area contributed by atoms with Gasteiger partial charge in [-0.25, -0.2) is 4.39 Å². The molecule has 3 aromatic rings. The van der Waals surface area contributed by atoms with Crippen molar-refractivity contribution in [3.63, 3.8) is 0 Å². The lowest BCUT2D eigenvalue weighted by molar-refractivity contribution is 0.0829. The van der Waals surface area contributed by atoms with E-state index in [0.29, 0.717) is 54.3 Å². The van der Waals surface area contributed by atoms with Gasteiger partial charge in [0.2, 0.25) is 0 Å². The van der Waals surface area contributed by atoms with Gasteiger partial charge in [-0.3, -0.25) is 4.90 Å². The predicted octanol–water partition coefficient (Wildman–Crippen LogP) is 4.76. The van der Waals surface area contributed by atoms with Crippen molar-refractivity contribution in [1.82, 2.24) is 20.2 Å². The number of phenols is 1. The molecular weight excluding hydrogens is 543 g/mol. The van der Waals surface area contributed by atoms with Crippen molar-refractivity contribution < 1.29 is 14.2 Å². The van der Waals surface area contributed by atoms with E-state index in [9.17, 15) is 5.11 Å². The van der Waals surface area contributed by atoms with Crippen LogP contribution in [-0.2, 0) is 13.0 Å². The second kappa shape index (κ2) is 9.92. The molecule has 4 saturated heterocycles. The minimum absolute atomic E-state index is 0.118. The van der Waals surface area contributed by atoms with E-state index in [-0.39, 0.29) is 17.1 Å². The highest BCUT2D eigenvalue weighted by Crippen LogP contribution is 2.51. The largest absolute Gasteiger partial charge is 0.508 e. The second-order valence-electron chi connectivity index (χ2n) is 14.0. The number of piperazine rings is 1. The summed E-state index contributed by atoms with van der Waals surface area (Å²) in [6.07, 6.45) is 10.9. The number of fused-ring (bicyclic) bond motifs is 7. The third-order valence-corrected chi connectivity index (χ3v) is 11.6. The molecule has 6 aliphatic rings. The number of nitrogens with zero attached hydrogens (tertiary/aromatic N) is 5. The number of halogens is 1. The van der Waals surface area contributed by atoms with Gasteiger partial charge in [-0.15, -0.1) is 0 Å². The molecule has 8 nitrogen and oxygen atoms in total. The van der Waals surface area contributed by atoms with Crippen LogP contribution in [-0.4, -0.2) is 76.4 Å². The lowest BCUT2D eigenvalue weighted by atomic mass is 9.90. The van der Waals surface area contributed by atoms with Gasteiger partial charge in [0.15, 0.2) is 0 Å². The van der Waals surface area contributed by atoms with Gasteiger partial charge in [0, 0.05) is 54.8 Å². The molecule has 9 heteroatoms. The van der Waals surface area contributed by atoms with Crippen molar-refractivity contribution in [3.8, 4) is 11.8 Å². The van der Waals surface area contributed by atoms with Crippen molar-refractivity contribution in [2.75, 3.05) is 42.6 Å². The number of ether oxygens (including phenoxy) is 1. The van der Waals surface area contributed by atoms with E-state index in [2.05, 4.69) is 20.0 Å². The normalized spacial score (nSPS) is 31.5. The van der Waals surface area contributed by atoms with Crippen LogP contribution in [0.1, 0.15) is 62.6 Å². The number of aromatic nitrogens is 2. The Hall–Kier alpha value is -3.17. The van der Waals surface area contributed by atoms with Crippen LogP contribution in [0, 0.1) is 11.7 Å². The first-order chi connectivity index (χ1) is 21.0. The molecule has 43 heavy (non-hydrogen) atoms. The molecule has 9 rings (SSSR count). The molecule has 2 aromatic carbocycles. The maximum absolute atomic E-state index is 15.1. The van der Waals surface area contributed by atoms with Crippen molar-refractivity contribution in [2.45, 2.75) is 88.0 Å². The van der Waals surface area contributed by atoms with Crippen molar-refractivity contribution in [1.29, 1.82) is 0 Å². The summed E-state index contributed by atoms with van der Waals surface area (Å²) in [6.45, 7) is 4.97. The maximum Gasteiger partial charge on any atom is 0.318 e. The third kappa shape index (κ3) is 4.29. The summed E-state index contributed by atoms with van der Waals surface area (Å²) in [4.78, 5) is 17.6. The highest BCUT2D eigenvalue weighted by molar-refractivity contribution is 5.96. The lowest BCUT2D eigenvalue weighted by Gasteiger charge is -2.38. The number of aromatic hydroxyl groups is 1. The van der Waals surface area contributed by atoms with Gasteiger partial charge in [-0.2, -0.15) is 9.97 Å². The second-order valence-corrected chi connectivity index (χ2v) is 14.0. The van der Waals surface area contributed by atoms with Gasteiger partial charge in [0.25, 0.3) is 0 Å². The van der Waals surface area contributed by atoms with Gasteiger partial charge < -0.3 is 25.0 Å². The Balaban J connectivity index is 1.06. The standard InChI is InChI=1S/C34H41FN6O2/c35-27-6-1-4-21-14-25(42)15-30(31(21)27)39-13-10-26-28(19-39)37-33(38-32(26)40-17-23-8-9-24(18-40)36-23)43-20-34-11-3-12-41(34)29-7-2-5-22(29)16-34/h1,4,6,14-15,22-24,29,36,42H,2-3,5,7-13,16-20H2/t22-,23?,24?,29-,34+/m1/s1. The average molecular weight is 585 g/mol. The topological polar surface area (TPSA) is 77.0 Å². The van der Waals surface area contributed by atoms with Crippen LogP contribution in [0.5, 0.6) is 11.8 Å². The van der Waals surface area contributed by atoms with E-state index in [4.69, 9.17) is 14.7 Å². The van der Waals surface area contributed by atoms with Crippen molar-refractivity contribution in [2.24, 2.45) is 5.92 Å². The van der Waals surface area contributed by atoms with Crippen LogP contribution in [0.15, 0.2) is 30.3 Å². The Morgan fingerprint density at radius 2 is 1.91 bits per heavy atom. The van der Waals surface area contributed by atoms with E-state index in [1.807, 2.05) is 6.07 Å². The summed E-state index contributed by atoms with van der Waals surface area (Å²) in [5.41, 5.74) is 2.97. The molecule has 1 aliphatic carbocycles. The summed E-state index contributed by atoms with van der Waals surface area (Å²) in [5.74, 6) is 1.70. The highest BCUT2D eigenvalue weighted by Gasteiger charge is 2.55. The van der Waals surface area contributed by atoms with Crippen molar-refractivity contribution >= 4 is 22.3 Å². The smallest absolute Gasteiger partial charge is 0.318 e. The third-order valence-electron chi connectivity index (χ3n) is 11.6. The quantitative estimate of drug-likeness (QED) is 0.445. The van der Waals surface area contributed by atoms with E-state index < -0.39 is 0 Å². The summed E-state index contributed by atoms with van der Waals surface area (Å²) >= 11 is 0. The zero-order chi connectivity index (χ0) is 28.7. The number of rotatable bonds is 5. The van der Waals surface area contributed by atoms with Gasteiger partial charge in [-0.1, -0.05) is 18.6 Å². The Morgan fingerprint density at radius 1 is 1.02 bits per heavy atom. The number of phenolic OH excluding ortho intramolecular Hbond substituents is 1.